The summed E-state index contributed by atoms with van der Waals surface area (Å²) in [5.74, 6) is -2.34. The van der Waals surface area contributed by atoms with Crippen LogP contribution in [0.15, 0.2) is 40.1 Å². The first-order valence-corrected chi connectivity index (χ1v) is 10.7. The van der Waals surface area contributed by atoms with Crippen molar-refractivity contribution in [3.63, 3.8) is 0 Å². The first-order valence-electron chi connectivity index (χ1n) is 10.3. The number of imidazole rings is 1. The number of aliphatic carboxylic acids is 1. The van der Waals surface area contributed by atoms with E-state index in [1.54, 1.807) is 0 Å². The molecule has 0 bridgehead atoms. The number of aromatic nitrogens is 2. The third-order valence-electron chi connectivity index (χ3n) is 4.61. The number of guanidine groups is 1. The van der Waals surface area contributed by atoms with Crippen molar-refractivity contribution in [2.24, 2.45) is 16.5 Å². The summed E-state index contributed by atoms with van der Waals surface area (Å²) in [6.45, 7) is -0.0960. The number of nitrogens with two attached hydrogens (primary N) is 2. The van der Waals surface area contributed by atoms with Gasteiger partial charge >= 0.3 is 11.7 Å². The van der Waals surface area contributed by atoms with E-state index >= 15 is 0 Å². The number of hydrogen-bond donors (Lipinski definition) is 8. The summed E-state index contributed by atoms with van der Waals surface area (Å²) in [6.07, 6.45) is 0.743. The fraction of sp³-hybridized carbons (Fsp3) is 0.350. The molecule has 1 aromatic heterocycles. The third kappa shape index (κ3) is 8.46. The maximum atomic E-state index is 12.3. The van der Waals surface area contributed by atoms with Crippen molar-refractivity contribution in [3.05, 3.63) is 52.1 Å². The topological polar surface area (TPSA) is 213 Å². The van der Waals surface area contributed by atoms with Gasteiger partial charge in [0.1, 0.15) is 12.6 Å². The fourth-order valence-corrected chi connectivity index (χ4v) is 3.11. The molecule has 10 N–H and O–H groups in total. The highest BCUT2D eigenvalue weighted by Gasteiger charge is 2.21. The number of aliphatic imine (C=N–C) groups is 1. The lowest BCUT2D eigenvalue weighted by Gasteiger charge is -2.18. The van der Waals surface area contributed by atoms with Crippen LogP contribution in [0.3, 0.4) is 0 Å². The largest absolute Gasteiger partial charge is 0.493 e. The van der Waals surface area contributed by atoms with E-state index in [-0.39, 0.29) is 35.6 Å². The monoisotopic (exact) mass is 492 g/mol. The summed E-state index contributed by atoms with van der Waals surface area (Å²) in [5.41, 5.74) is 11.0. The zero-order chi connectivity index (χ0) is 25.1. The van der Waals surface area contributed by atoms with E-state index < -0.39 is 30.2 Å². The standard InChI is InChI=1S/C20H28N8O5S/c21-18(22)23-8-4-7-13-16(30)28(20(33)27-13)11-15(29)24-10-14(17(31)32)26-19(34)25-9-12-5-2-1-3-6-12/h1-3,5-6,14,30H,4,7-11H2,(H,24,29)(H,27,33)(H,31,32)(H4,21,22,23)(H2,25,26,34). The molecule has 0 radical (unpaired) electrons. The second-order valence-electron chi connectivity index (χ2n) is 7.24. The Morgan fingerprint density at radius 3 is 2.56 bits per heavy atom. The molecule has 0 aliphatic rings. The van der Waals surface area contributed by atoms with E-state index in [0.29, 0.717) is 19.5 Å². The summed E-state index contributed by atoms with van der Waals surface area (Å²) < 4.78 is 0.848. The number of carboxylic acids is 1. The van der Waals surface area contributed by atoms with Crippen LogP contribution < -0.4 is 33.1 Å². The van der Waals surface area contributed by atoms with Crippen LogP contribution in [0.4, 0.5) is 0 Å². The number of nitrogens with zero attached hydrogens (tertiary/aromatic N) is 2. The van der Waals surface area contributed by atoms with Gasteiger partial charge in [-0.25, -0.2) is 9.59 Å². The number of rotatable bonds is 12. The summed E-state index contributed by atoms with van der Waals surface area (Å²) in [4.78, 5) is 42.2. The Hall–Kier alpha value is -4.07. The van der Waals surface area contributed by atoms with Crippen molar-refractivity contribution in [3.8, 4) is 5.88 Å². The lowest BCUT2D eigenvalue weighted by molar-refractivity contribution is -0.139. The number of H-pyrrole nitrogens is 1. The van der Waals surface area contributed by atoms with Gasteiger partial charge in [0.05, 0.1) is 5.69 Å². The minimum Gasteiger partial charge on any atom is -0.493 e. The number of thiocarbonyl (C=S) groups is 1. The van der Waals surface area contributed by atoms with Gasteiger partial charge in [0.15, 0.2) is 11.1 Å². The highest BCUT2D eigenvalue weighted by molar-refractivity contribution is 7.80. The van der Waals surface area contributed by atoms with E-state index in [9.17, 15) is 24.6 Å². The van der Waals surface area contributed by atoms with Gasteiger partial charge in [-0.15, -0.1) is 0 Å². The highest BCUT2D eigenvalue weighted by Crippen LogP contribution is 2.14. The van der Waals surface area contributed by atoms with Gasteiger partial charge in [-0.2, -0.15) is 0 Å². The number of aryl methyl sites for hydroxylation is 1. The van der Waals surface area contributed by atoms with Crippen molar-refractivity contribution in [1.29, 1.82) is 0 Å². The number of amides is 1. The molecular formula is C20H28N8O5S. The molecule has 1 heterocycles. The Bertz CT molecular complexity index is 1080. The van der Waals surface area contributed by atoms with Gasteiger partial charge in [0.2, 0.25) is 11.8 Å². The summed E-state index contributed by atoms with van der Waals surface area (Å²) in [7, 11) is 0. The first kappa shape index (κ1) is 26.2. The van der Waals surface area contributed by atoms with Crippen LogP contribution in [-0.2, 0) is 29.1 Å². The SMILES string of the molecule is NC(N)=NCCCc1[nH]c(=O)n(CC(=O)NCC(NC(=S)NCc2ccccc2)C(=O)O)c1O. The molecule has 0 aliphatic heterocycles. The van der Waals surface area contributed by atoms with Crippen molar-refractivity contribution >= 4 is 35.2 Å². The number of benzene rings is 1. The van der Waals surface area contributed by atoms with Crippen LogP contribution in [-0.4, -0.2) is 61.8 Å². The van der Waals surface area contributed by atoms with Crippen LogP contribution in [0.25, 0.3) is 0 Å². The number of hydrogen-bond acceptors (Lipinski definition) is 6. The van der Waals surface area contributed by atoms with E-state index in [0.717, 1.165) is 10.1 Å². The second kappa shape index (κ2) is 12.8. The lowest BCUT2D eigenvalue weighted by Crippen LogP contribution is -2.51. The number of aromatic hydroxyl groups is 1. The van der Waals surface area contributed by atoms with Crippen molar-refractivity contribution < 1.29 is 19.8 Å². The van der Waals surface area contributed by atoms with Gasteiger partial charge in [-0.3, -0.25) is 14.4 Å². The predicted octanol–water partition coefficient (Wildman–Crippen LogP) is -1.68. The first-order chi connectivity index (χ1) is 16.2. The van der Waals surface area contributed by atoms with E-state index in [1.807, 2.05) is 30.3 Å². The number of carbonyl (C=O) groups excluding carboxylic acids is 1. The van der Waals surface area contributed by atoms with Gasteiger partial charge in [-0.1, -0.05) is 30.3 Å². The van der Waals surface area contributed by atoms with Crippen molar-refractivity contribution in [2.75, 3.05) is 13.1 Å². The molecule has 13 nitrogen and oxygen atoms in total. The molecule has 0 saturated heterocycles. The van der Waals surface area contributed by atoms with Crippen LogP contribution in [0.2, 0.25) is 0 Å². The molecule has 14 heteroatoms. The zero-order valence-corrected chi connectivity index (χ0v) is 19.1. The maximum absolute atomic E-state index is 12.3. The van der Waals surface area contributed by atoms with Crippen molar-refractivity contribution in [1.82, 2.24) is 25.5 Å². The molecule has 184 valence electrons. The molecule has 2 aromatic rings. The molecule has 0 aliphatic carbocycles. The maximum Gasteiger partial charge on any atom is 0.329 e. The van der Waals surface area contributed by atoms with Gasteiger partial charge in [0, 0.05) is 19.6 Å². The molecule has 1 atom stereocenters. The second-order valence-corrected chi connectivity index (χ2v) is 7.64. The van der Waals surface area contributed by atoms with Crippen LogP contribution in [0.5, 0.6) is 5.88 Å². The Morgan fingerprint density at radius 2 is 1.91 bits per heavy atom. The van der Waals surface area contributed by atoms with E-state index in [1.165, 1.54) is 0 Å². The molecule has 1 unspecified atom stereocenters. The Labute approximate surface area is 200 Å². The normalized spacial score (nSPS) is 11.3. The average molecular weight is 493 g/mol. The number of aromatic amines is 1. The zero-order valence-electron chi connectivity index (χ0n) is 18.3. The van der Waals surface area contributed by atoms with E-state index in [4.69, 9.17) is 23.7 Å². The fourth-order valence-electron chi connectivity index (χ4n) is 2.90. The van der Waals surface area contributed by atoms with Gasteiger partial charge < -0.3 is 42.6 Å². The summed E-state index contributed by atoms with van der Waals surface area (Å²) in [5, 5.41) is 27.7. The average Bonchev–Trinajstić information content (AvgIpc) is 3.06. The Balaban J connectivity index is 1.85. The number of carboxylic acid groups (broad SMARTS) is 1. The molecule has 2 rings (SSSR count). The summed E-state index contributed by atoms with van der Waals surface area (Å²) in [6, 6.07) is 8.18. The summed E-state index contributed by atoms with van der Waals surface area (Å²) >= 11 is 5.13. The minimum atomic E-state index is -1.23. The van der Waals surface area contributed by atoms with E-state index in [2.05, 4.69) is 25.9 Å². The molecule has 34 heavy (non-hydrogen) atoms. The smallest absolute Gasteiger partial charge is 0.329 e. The molecule has 1 aromatic carbocycles. The van der Waals surface area contributed by atoms with Crippen LogP contribution >= 0.6 is 12.2 Å². The molecule has 0 fully saturated rings. The highest BCUT2D eigenvalue weighted by atomic mass is 32.1. The lowest BCUT2D eigenvalue weighted by atomic mass is 10.2. The van der Waals surface area contributed by atoms with Gasteiger partial charge in [-0.05, 0) is 30.6 Å². The molecular weight excluding hydrogens is 464 g/mol. The third-order valence-corrected chi connectivity index (χ3v) is 4.87. The molecule has 0 saturated carbocycles. The quantitative estimate of drug-likeness (QED) is 0.0729. The minimum absolute atomic E-state index is 0.0613. The Kier molecular flexibility index (Phi) is 9.89. The van der Waals surface area contributed by atoms with Crippen LogP contribution in [0, 0.1) is 0 Å². The molecule has 1 amide bonds. The van der Waals surface area contributed by atoms with Crippen molar-refractivity contribution in [2.45, 2.75) is 32.0 Å². The number of carbonyl (C=O) groups is 2. The van der Waals surface area contributed by atoms with Crippen LogP contribution in [0.1, 0.15) is 17.7 Å². The number of nitrogens with one attached hydrogen (secondary N) is 4. The predicted molar refractivity (Wildman–Crippen MR) is 129 cm³/mol. The van der Waals surface area contributed by atoms with Gasteiger partial charge in [0.25, 0.3) is 0 Å². The Morgan fingerprint density at radius 1 is 1.21 bits per heavy atom. The molecule has 0 spiro atoms.